The van der Waals surface area contributed by atoms with Gasteiger partial charge in [0, 0.05) is 26.2 Å². The van der Waals surface area contributed by atoms with Crippen LogP contribution in [-0.4, -0.2) is 44.6 Å². The molecule has 0 atom stereocenters. The van der Waals surface area contributed by atoms with E-state index in [0.717, 1.165) is 26.2 Å². The van der Waals surface area contributed by atoms with Gasteiger partial charge in [0.25, 0.3) is 0 Å². The van der Waals surface area contributed by atoms with E-state index in [9.17, 15) is 0 Å². The molecule has 18 heavy (non-hydrogen) atoms. The first-order chi connectivity index (χ1) is 8.44. The van der Waals surface area contributed by atoms with Crippen molar-refractivity contribution in [2.24, 2.45) is 0 Å². The Labute approximate surface area is 148 Å². The Bertz CT molecular complexity index is 198. The monoisotopic (exact) mass is 426 g/mol. The molecule has 0 fully saturated rings. The first-order valence-electron chi connectivity index (χ1n) is 5.52. The Balaban J connectivity index is -0.000000219. The number of rotatable bonds is 4. The Morgan fingerprint density at radius 1 is 0.778 bits per heavy atom. The van der Waals surface area contributed by atoms with Gasteiger partial charge in [0.2, 0.25) is 0 Å². The quantitative estimate of drug-likeness (QED) is 0.384. The van der Waals surface area contributed by atoms with Crippen molar-refractivity contribution in [3.8, 4) is 0 Å². The molecule has 106 valence electrons. The predicted octanol–water partition coefficient (Wildman–Crippen LogP) is 2.97. The van der Waals surface area contributed by atoms with Crippen molar-refractivity contribution < 1.29 is 18.0 Å². The van der Waals surface area contributed by atoms with Gasteiger partial charge in [-0.1, -0.05) is 8.64 Å². The SMILES string of the molecule is CCN(CC)C(=S)[S-].CCN(CC)C(=S)[S-].[S]=[Mo+2]. The molecule has 0 N–H and O–H groups in total. The number of hydrogen-bond acceptors (Lipinski definition) is 5. The molecule has 0 rings (SSSR count). The summed E-state index contributed by atoms with van der Waals surface area (Å²) in [6.07, 6.45) is 0. The van der Waals surface area contributed by atoms with Gasteiger partial charge in [0.1, 0.15) is 0 Å². The van der Waals surface area contributed by atoms with E-state index in [1.807, 2.05) is 37.5 Å². The fraction of sp³-hybridized carbons (Fsp3) is 0.800. The maximum absolute atomic E-state index is 4.76. The third-order valence-corrected chi connectivity index (χ3v) is 3.08. The molecule has 0 bridgehead atoms. The molecular weight excluding hydrogens is 404 g/mol. The van der Waals surface area contributed by atoms with E-state index >= 15 is 0 Å². The molecule has 0 spiro atoms. The molecule has 0 saturated heterocycles. The maximum atomic E-state index is 4.76. The summed E-state index contributed by atoms with van der Waals surface area (Å²) in [5.74, 6) is 0. The molecule has 0 aliphatic carbocycles. The molecule has 8 heteroatoms. The normalized spacial score (nSPS) is 7.94. The van der Waals surface area contributed by atoms with Crippen LogP contribution in [0, 0.1) is 0 Å². The van der Waals surface area contributed by atoms with Crippen LogP contribution in [-0.2, 0) is 43.3 Å². The van der Waals surface area contributed by atoms with Crippen LogP contribution in [0.3, 0.4) is 0 Å². The summed E-state index contributed by atoms with van der Waals surface area (Å²) in [7, 11) is 4.09. The molecule has 0 aromatic rings. The van der Waals surface area contributed by atoms with Crippen LogP contribution in [0.1, 0.15) is 27.7 Å². The fourth-order valence-corrected chi connectivity index (χ4v) is 2.00. The van der Waals surface area contributed by atoms with Crippen LogP contribution in [0.5, 0.6) is 0 Å². The minimum absolute atomic E-state index is 0.579. The van der Waals surface area contributed by atoms with E-state index in [0.29, 0.717) is 8.64 Å². The van der Waals surface area contributed by atoms with Crippen LogP contribution in [0.2, 0.25) is 0 Å². The van der Waals surface area contributed by atoms with Gasteiger partial charge in [-0.25, -0.2) is 0 Å². The van der Waals surface area contributed by atoms with E-state index in [2.05, 4.69) is 9.82 Å². The molecular formula is C10H20MoN2S5. The van der Waals surface area contributed by atoms with Gasteiger partial charge < -0.3 is 59.5 Å². The topological polar surface area (TPSA) is 6.48 Å². The average Bonchev–Trinajstić information content (AvgIpc) is 2.34. The second-order valence-electron chi connectivity index (χ2n) is 2.88. The van der Waals surface area contributed by atoms with E-state index in [4.69, 9.17) is 49.7 Å². The first-order valence-corrected chi connectivity index (χ1v) is 9.95. The van der Waals surface area contributed by atoms with Gasteiger partial charge >= 0.3 is 27.8 Å². The van der Waals surface area contributed by atoms with Crippen molar-refractivity contribution in [2.45, 2.75) is 27.7 Å². The van der Waals surface area contributed by atoms with Crippen LogP contribution in [0.15, 0.2) is 0 Å². The Hall–Kier alpha value is 1.13. The van der Waals surface area contributed by atoms with Crippen molar-refractivity contribution >= 4 is 68.2 Å². The molecule has 0 saturated carbocycles. The molecule has 0 unspecified atom stereocenters. The molecule has 0 heterocycles. The third-order valence-electron chi connectivity index (χ3n) is 2.04. The molecule has 0 aliphatic rings. The van der Waals surface area contributed by atoms with Crippen LogP contribution in [0.25, 0.3) is 0 Å². The second-order valence-corrected chi connectivity index (χ2v) is 4.94. The van der Waals surface area contributed by atoms with Crippen molar-refractivity contribution in [3.05, 3.63) is 0 Å². The number of nitrogens with zero attached hydrogens (tertiary/aromatic N) is 2. The summed E-state index contributed by atoms with van der Waals surface area (Å²) in [6, 6.07) is 0. The van der Waals surface area contributed by atoms with Crippen LogP contribution >= 0.6 is 34.3 Å². The summed E-state index contributed by atoms with van der Waals surface area (Å²) in [6.45, 7) is 11.9. The summed E-state index contributed by atoms with van der Waals surface area (Å²) < 4.78 is 1.16. The van der Waals surface area contributed by atoms with Crippen molar-refractivity contribution in [2.75, 3.05) is 26.2 Å². The average molecular weight is 425 g/mol. The summed E-state index contributed by atoms with van der Waals surface area (Å²) in [5.41, 5.74) is 0. The standard InChI is InChI=1S/2C5H11NS2.Mo.S/c2*1-3-6(4-2)5(7)8;;/h2*3-4H2,1-2H3,(H,7,8);;/q;;+2;/p-2. The van der Waals surface area contributed by atoms with Gasteiger partial charge in [0.15, 0.2) is 0 Å². The fourth-order valence-electron chi connectivity index (χ4n) is 0.964. The zero-order valence-corrected chi connectivity index (χ0v) is 17.3. The van der Waals surface area contributed by atoms with E-state index < -0.39 is 0 Å². The second kappa shape index (κ2) is 18.1. The van der Waals surface area contributed by atoms with Crippen molar-refractivity contribution in [1.82, 2.24) is 9.80 Å². The van der Waals surface area contributed by atoms with Crippen LogP contribution in [0.4, 0.5) is 0 Å². The number of hydrogen-bond donors (Lipinski definition) is 0. The van der Waals surface area contributed by atoms with E-state index in [1.54, 1.807) is 0 Å². The molecule has 0 amide bonds. The number of thiocarbonyl (C=S) groups is 2. The Morgan fingerprint density at radius 3 is 0.944 bits per heavy atom. The Kier molecular flexibility index (Phi) is 24.3. The molecule has 0 aliphatic heterocycles. The minimum atomic E-state index is 0.579. The van der Waals surface area contributed by atoms with E-state index in [1.165, 1.54) is 18.0 Å². The van der Waals surface area contributed by atoms with Crippen molar-refractivity contribution in [3.63, 3.8) is 0 Å². The van der Waals surface area contributed by atoms with Gasteiger partial charge in [-0.05, 0) is 27.7 Å². The van der Waals surface area contributed by atoms with Crippen molar-refractivity contribution in [1.29, 1.82) is 0 Å². The third kappa shape index (κ3) is 15.2. The molecule has 0 radical (unpaired) electrons. The van der Waals surface area contributed by atoms with Gasteiger partial charge in [0.05, 0.1) is 0 Å². The summed E-state index contributed by atoms with van der Waals surface area (Å²) in [4.78, 5) is 3.93. The van der Waals surface area contributed by atoms with Gasteiger partial charge in [-0.2, -0.15) is 0 Å². The van der Waals surface area contributed by atoms with Crippen LogP contribution < -0.4 is 0 Å². The zero-order chi connectivity index (χ0) is 15.1. The molecule has 0 aromatic carbocycles. The first kappa shape index (κ1) is 24.2. The Morgan fingerprint density at radius 2 is 0.944 bits per heavy atom. The molecule has 0 aromatic heterocycles. The predicted molar refractivity (Wildman–Crippen MR) is 93.4 cm³/mol. The molecule has 2 nitrogen and oxygen atoms in total. The summed E-state index contributed by atoms with van der Waals surface area (Å²) in [5, 5.41) is 0. The van der Waals surface area contributed by atoms with E-state index in [-0.39, 0.29) is 0 Å². The zero-order valence-electron chi connectivity index (χ0n) is 11.2. The van der Waals surface area contributed by atoms with Gasteiger partial charge in [-0.15, -0.1) is 0 Å². The summed E-state index contributed by atoms with van der Waals surface area (Å²) >= 11 is 20.6. The van der Waals surface area contributed by atoms with Gasteiger partial charge in [-0.3, -0.25) is 0 Å².